The summed E-state index contributed by atoms with van der Waals surface area (Å²) in [6.07, 6.45) is 31.9. The molecule has 0 aliphatic carbocycles. The van der Waals surface area contributed by atoms with Crippen LogP contribution in [-0.2, 0) is 0 Å². The Kier molecular flexibility index (Phi) is 31.5. The summed E-state index contributed by atoms with van der Waals surface area (Å²) < 4.78 is 0. The van der Waals surface area contributed by atoms with Crippen LogP contribution in [0.2, 0.25) is 0 Å². The van der Waals surface area contributed by atoms with Crippen molar-refractivity contribution in [3.8, 4) is 0 Å². The number of hydrogen-bond donors (Lipinski definition) is 0. The highest BCUT2D eigenvalue weighted by molar-refractivity contribution is 4.49. The molecular formula is C28H60. The molecule has 0 spiro atoms. The third-order valence-electron chi connectivity index (χ3n) is 5.84. The first-order valence-electron chi connectivity index (χ1n) is 13.7. The van der Waals surface area contributed by atoms with Crippen molar-refractivity contribution in [2.45, 2.75) is 176 Å². The lowest BCUT2D eigenvalue weighted by Crippen LogP contribution is -1.87. The molecule has 0 nitrogen and oxygen atoms in total. The Bertz CT molecular complexity index is 216. The second-order valence-electron chi connectivity index (χ2n) is 9.55. The molecule has 0 amide bonds. The second kappa shape index (κ2) is 29.2. The summed E-state index contributed by atoms with van der Waals surface area (Å²) in [5.41, 5.74) is 0. The van der Waals surface area contributed by atoms with Crippen molar-refractivity contribution < 1.29 is 0 Å². The normalized spacial score (nSPS) is 10.9. The monoisotopic (exact) mass is 396 g/mol. The predicted molar refractivity (Wildman–Crippen MR) is 133 cm³/mol. The predicted octanol–water partition coefficient (Wildman–Crippen LogP) is 11.3. The maximum absolute atomic E-state index is 2.32. The number of hydrogen-bond acceptors (Lipinski definition) is 0. The molecule has 172 valence electrons. The Balaban J connectivity index is 0. The lowest BCUT2D eigenvalue weighted by molar-refractivity contribution is 0.511. The largest absolute Gasteiger partial charge is 0.0654 e. The summed E-state index contributed by atoms with van der Waals surface area (Å²) in [7, 11) is 0. The van der Waals surface area contributed by atoms with Crippen molar-refractivity contribution in [3.05, 3.63) is 0 Å². The van der Waals surface area contributed by atoms with E-state index in [1.807, 2.05) is 0 Å². The van der Waals surface area contributed by atoms with Gasteiger partial charge in [0.05, 0.1) is 0 Å². The molecule has 0 rings (SSSR count). The van der Waals surface area contributed by atoms with Crippen LogP contribution in [0.1, 0.15) is 176 Å². The lowest BCUT2D eigenvalue weighted by Gasteiger charge is -2.03. The molecule has 0 unspecified atom stereocenters. The van der Waals surface area contributed by atoms with Gasteiger partial charge < -0.3 is 0 Å². The van der Waals surface area contributed by atoms with E-state index in [2.05, 4.69) is 34.6 Å². The molecule has 28 heavy (non-hydrogen) atoms. The minimum absolute atomic E-state index is 0.903. The first-order chi connectivity index (χ1) is 13.7. The molecule has 0 aromatic carbocycles. The summed E-state index contributed by atoms with van der Waals surface area (Å²) in [4.78, 5) is 0. The van der Waals surface area contributed by atoms with Gasteiger partial charge in [0.2, 0.25) is 0 Å². The highest BCUT2D eigenvalue weighted by Gasteiger charge is 1.94. The number of rotatable bonds is 21. The van der Waals surface area contributed by atoms with Gasteiger partial charge in [0.1, 0.15) is 0 Å². The molecule has 0 fully saturated rings. The van der Waals surface area contributed by atoms with Gasteiger partial charge in [-0.05, 0) is 5.92 Å². The van der Waals surface area contributed by atoms with E-state index in [0.717, 1.165) is 5.92 Å². The number of unbranched alkanes of at least 4 members (excludes halogenated alkanes) is 19. The average Bonchev–Trinajstić information content (AvgIpc) is 2.68. The summed E-state index contributed by atoms with van der Waals surface area (Å²) in [5, 5.41) is 0. The van der Waals surface area contributed by atoms with E-state index in [1.165, 1.54) is 141 Å². The zero-order valence-corrected chi connectivity index (χ0v) is 21.1. The molecule has 0 heterocycles. The maximum Gasteiger partial charge on any atom is -0.0471 e. The van der Waals surface area contributed by atoms with Gasteiger partial charge in [-0.3, -0.25) is 0 Å². The van der Waals surface area contributed by atoms with Crippen LogP contribution in [0.5, 0.6) is 0 Å². The highest BCUT2D eigenvalue weighted by atomic mass is 14.0. The van der Waals surface area contributed by atoms with Crippen molar-refractivity contribution in [2.75, 3.05) is 0 Å². The van der Waals surface area contributed by atoms with Crippen LogP contribution in [0.3, 0.4) is 0 Å². The molecule has 0 atom stereocenters. The summed E-state index contributed by atoms with van der Waals surface area (Å²) in [6, 6.07) is 0. The van der Waals surface area contributed by atoms with E-state index in [1.54, 1.807) is 0 Å². The lowest BCUT2D eigenvalue weighted by atomic mass is 10.0. The van der Waals surface area contributed by atoms with Crippen LogP contribution in [0, 0.1) is 5.92 Å². The third-order valence-corrected chi connectivity index (χ3v) is 5.84. The van der Waals surface area contributed by atoms with Crippen LogP contribution < -0.4 is 0 Å². The van der Waals surface area contributed by atoms with E-state index in [9.17, 15) is 0 Å². The zero-order chi connectivity index (χ0) is 21.1. The fourth-order valence-corrected chi connectivity index (χ4v) is 3.78. The molecular weight excluding hydrogens is 336 g/mol. The van der Waals surface area contributed by atoms with E-state index in [4.69, 9.17) is 0 Å². The van der Waals surface area contributed by atoms with Crippen LogP contribution in [-0.4, -0.2) is 0 Å². The first kappa shape index (κ1) is 30.2. The van der Waals surface area contributed by atoms with Gasteiger partial charge in [-0.25, -0.2) is 0 Å². The Morgan fingerprint density at radius 1 is 0.321 bits per heavy atom. The quantitative estimate of drug-likeness (QED) is 0.169. The Hall–Kier alpha value is 0. The van der Waals surface area contributed by atoms with Gasteiger partial charge in [0.15, 0.2) is 0 Å². The van der Waals surface area contributed by atoms with Crippen molar-refractivity contribution in [2.24, 2.45) is 5.92 Å². The summed E-state index contributed by atoms with van der Waals surface area (Å²) in [6.45, 7) is 11.5. The molecule has 0 N–H and O–H groups in total. The molecule has 0 aromatic heterocycles. The second-order valence-corrected chi connectivity index (χ2v) is 9.55. The highest BCUT2D eigenvalue weighted by Crippen LogP contribution is 2.13. The fraction of sp³-hybridized carbons (Fsp3) is 1.00. The molecule has 0 heteroatoms. The van der Waals surface area contributed by atoms with Crippen molar-refractivity contribution in [1.29, 1.82) is 0 Å². The van der Waals surface area contributed by atoms with E-state index in [0.29, 0.717) is 0 Å². The maximum atomic E-state index is 2.32. The summed E-state index contributed by atoms with van der Waals surface area (Å²) in [5.74, 6) is 0.903. The first-order valence-corrected chi connectivity index (χ1v) is 13.7. The zero-order valence-electron chi connectivity index (χ0n) is 21.1. The molecule has 0 saturated heterocycles. The van der Waals surface area contributed by atoms with Gasteiger partial charge in [-0.15, -0.1) is 0 Å². The van der Waals surface area contributed by atoms with Crippen LogP contribution in [0.4, 0.5) is 0 Å². The SMILES string of the molecule is CCCCCCCCCC(C)C.CCCCCCCCCCCCCCCC. The standard InChI is InChI=1S/C16H34.C12H26/c1-3-5-7-9-11-13-15-16-14-12-10-8-6-4-2;1-4-5-6-7-8-9-10-11-12(2)3/h3-16H2,1-2H3;12H,4-11H2,1-3H3. The molecule has 0 aliphatic heterocycles. The van der Waals surface area contributed by atoms with Crippen molar-refractivity contribution in [1.82, 2.24) is 0 Å². The summed E-state index contributed by atoms with van der Waals surface area (Å²) >= 11 is 0. The Morgan fingerprint density at radius 2 is 0.536 bits per heavy atom. The molecule has 0 aromatic rings. The van der Waals surface area contributed by atoms with Crippen LogP contribution >= 0.6 is 0 Å². The van der Waals surface area contributed by atoms with Gasteiger partial charge in [0, 0.05) is 0 Å². The van der Waals surface area contributed by atoms with E-state index in [-0.39, 0.29) is 0 Å². The van der Waals surface area contributed by atoms with E-state index < -0.39 is 0 Å². The minimum Gasteiger partial charge on any atom is -0.0654 e. The molecule has 0 bridgehead atoms. The van der Waals surface area contributed by atoms with Crippen molar-refractivity contribution >= 4 is 0 Å². The molecule has 0 radical (unpaired) electrons. The Labute approximate surface area is 182 Å². The molecule has 0 saturated carbocycles. The minimum atomic E-state index is 0.903. The van der Waals surface area contributed by atoms with Gasteiger partial charge in [-0.2, -0.15) is 0 Å². The Morgan fingerprint density at radius 3 is 0.750 bits per heavy atom. The average molecular weight is 397 g/mol. The van der Waals surface area contributed by atoms with Gasteiger partial charge in [-0.1, -0.05) is 176 Å². The van der Waals surface area contributed by atoms with Crippen LogP contribution in [0.15, 0.2) is 0 Å². The van der Waals surface area contributed by atoms with Crippen molar-refractivity contribution in [3.63, 3.8) is 0 Å². The van der Waals surface area contributed by atoms with Gasteiger partial charge >= 0.3 is 0 Å². The molecule has 0 aliphatic rings. The topological polar surface area (TPSA) is 0 Å². The van der Waals surface area contributed by atoms with Gasteiger partial charge in [0.25, 0.3) is 0 Å². The fourth-order valence-electron chi connectivity index (χ4n) is 3.78. The smallest absolute Gasteiger partial charge is 0.0471 e. The van der Waals surface area contributed by atoms with Crippen LogP contribution in [0.25, 0.3) is 0 Å². The van der Waals surface area contributed by atoms with E-state index >= 15 is 0 Å². The third kappa shape index (κ3) is 33.6.